The van der Waals surface area contributed by atoms with Gasteiger partial charge < -0.3 is 24.3 Å². The van der Waals surface area contributed by atoms with Gasteiger partial charge in [0.05, 0.1) is 34.4 Å². The molecule has 1 aliphatic heterocycles. The Hall–Kier alpha value is -5.43. The van der Waals surface area contributed by atoms with Crippen LogP contribution in [0.15, 0.2) is 70.5 Å². The van der Waals surface area contributed by atoms with Crippen molar-refractivity contribution in [1.29, 1.82) is 0 Å². The van der Waals surface area contributed by atoms with Crippen LogP contribution in [-0.2, 0) is 0 Å². The van der Waals surface area contributed by atoms with Gasteiger partial charge in [0, 0.05) is 36.6 Å². The molecule has 0 radical (unpaired) electrons. The van der Waals surface area contributed by atoms with Crippen LogP contribution < -0.4 is 35.5 Å². The summed E-state index contributed by atoms with van der Waals surface area (Å²) in [6.45, 7) is 3.94. The number of halogens is 3. The van der Waals surface area contributed by atoms with E-state index in [0.717, 1.165) is 35.0 Å². The number of benzene rings is 3. The largest absolute Gasteiger partial charge is 0.493 e. The van der Waals surface area contributed by atoms with E-state index in [9.17, 15) is 18.8 Å². The summed E-state index contributed by atoms with van der Waals surface area (Å²) in [5.41, 5.74) is -1.77. The lowest BCUT2D eigenvalue weighted by Crippen LogP contribution is -2.42. The maximum atomic E-state index is 15.5. The molecule has 46 heavy (non-hydrogen) atoms. The predicted molar refractivity (Wildman–Crippen MR) is 165 cm³/mol. The molecule has 6 rings (SSSR count). The zero-order valence-electron chi connectivity index (χ0n) is 24.6. The summed E-state index contributed by atoms with van der Waals surface area (Å²) in [7, 11) is 1.49. The number of methoxy groups -OCH3 is 1. The van der Waals surface area contributed by atoms with Crippen molar-refractivity contribution in [1.82, 2.24) is 14.1 Å². The van der Waals surface area contributed by atoms with Crippen LogP contribution in [0.3, 0.4) is 0 Å². The van der Waals surface area contributed by atoms with Crippen LogP contribution in [0.4, 0.5) is 14.5 Å². The van der Waals surface area contributed by atoms with Crippen molar-refractivity contribution in [2.75, 3.05) is 25.6 Å². The maximum absolute atomic E-state index is 15.5. The van der Waals surface area contributed by atoms with Gasteiger partial charge in [-0.25, -0.2) is 18.1 Å². The van der Waals surface area contributed by atoms with Gasteiger partial charge in [-0.3, -0.25) is 19.1 Å². The van der Waals surface area contributed by atoms with Crippen LogP contribution >= 0.6 is 11.6 Å². The lowest BCUT2D eigenvalue weighted by molar-refractivity contribution is 0.102. The third kappa shape index (κ3) is 5.49. The summed E-state index contributed by atoms with van der Waals surface area (Å²) < 4.78 is 53.9. The average molecular weight is 651 g/mol. The fourth-order valence-electron chi connectivity index (χ4n) is 4.94. The molecule has 3 aromatic carbocycles. The van der Waals surface area contributed by atoms with Crippen molar-refractivity contribution in [3.63, 3.8) is 0 Å². The average Bonchev–Trinajstić information content (AvgIpc) is 3.03. The van der Waals surface area contributed by atoms with Gasteiger partial charge in [-0.1, -0.05) is 11.6 Å². The van der Waals surface area contributed by atoms with E-state index in [0.29, 0.717) is 34.8 Å². The summed E-state index contributed by atoms with van der Waals surface area (Å²) in [5.74, 6) is -1.40. The molecule has 0 atom stereocenters. The molecule has 0 spiro atoms. The minimum atomic E-state index is -0.960. The van der Waals surface area contributed by atoms with E-state index >= 15 is 4.39 Å². The van der Waals surface area contributed by atoms with Crippen molar-refractivity contribution in [3.8, 4) is 34.4 Å². The Bertz CT molecular complexity index is 2130. The smallest absolute Gasteiger partial charge is 0.335 e. The molecule has 0 saturated carbocycles. The summed E-state index contributed by atoms with van der Waals surface area (Å²) in [5, 5.41) is 2.75. The highest BCUT2D eigenvalue weighted by Gasteiger charge is 2.26. The molecule has 0 aliphatic carbocycles. The quantitative estimate of drug-likeness (QED) is 0.232. The molecular weight excluding hydrogens is 626 g/mol. The van der Waals surface area contributed by atoms with Crippen molar-refractivity contribution in [2.45, 2.75) is 19.9 Å². The number of pyridine rings is 1. The minimum Gasteiger partial charge on any atom is -0.493 e. The van der Waals surface area contributed by atoms with Gasteiger partial charge >= 0.3 is 5.69 Å². The van der Waals surface area contributed by atoms with E-state index in [2.05, 4.69) is 10.3 Å². The second-order valence-corrected chi connectivity index (χ2v) is 10.8. The molecule has 0 fully saturated rings. The number of amides is 1. The highest BCUT2D eigenvalue weighted by molar-refractivity contribution is 6.34. The molecule has 0 saturated heterocycles. The van der Waals surface area contributed by atoms with Gasteiger partial charge in [0.15, 0.2) is 23.1 Å². The third-order valence-corrected chi connectivity index (χ3v) is 7.47. The van der Waals surface area contributed by atoms with Gasteiger partial charge in [0.1, 0.15) is 30.3 Å². The lowest BCUT2D eigenvalue weighted by atomic mass is 10.1. The summed E-state index contributed by atoms with van der Waals surface area (Å²) in [6, 6.07) is 9.47. The van der Waals surface area contributed by atoms with Gasteiger partial charge in [0.25, 0.3) is 11.5 Å². The molecule has 14 heteroatoms. The molecule has 3 heterocycles. The number of nitrogens with zero attached hydrogens (tertiary/aromatic N) is 3. The summed E-state index contributed by atoms with van der Waals surface area (Å²) in [4.78, 5) is 44.2. The van der Waals surface area contributed by atoms with Crippen LogP contribution in [0.1, 0.15) is 30.2 Å². The Morgan fingerprint density at radius 1 is 1.00 bits per heavy atom. The first-order valence-electron chi connectivity index (χ1n) is 13.9. The second kappa shape index (κ2) is 12.2. The van der Waals surface area contributed by atoms with Crippen LogP contribution in [-0.4, -0.2) is 40.3 Å². The number of rotatable bonds is 7. The van der Waals surface area contributed by atoms with Crippen LogP contribution in [0.5, 0.6) is 28.7 Å². The lowest BCUT2D eigenvalue weighted by Gasteiger charge is -2.23. The molecule has 236 valence electrons. The van der Waals surface area contributed by atoms with E-state index in [4.69, 9.17) is 30.5 Å². The zero-order chi connectivity index (χ0) is 32.7. The number of fused-ring (bicyclic) bond motifs is 3. The van der Waals surface area contributed by atoms with Gasteiger partial charge in [-0.15, -0.1) is 0 Å². The Morgan fingerprint density at radius 2 is 1.72 bits per heavy atom. The summed E-state index contributed by atoms with van der Waals surface area (Å²) >= 11 is 6.45. The van der Waals surface area contributed by atoms with Crippen molar-refractivity contribution >= 4 is 34.1 Å². The number of carbonyl (C=O) groups is 1. The topological polar surface area (TPSA) is 123 Å². The highest BCUT2D eigenvalue weighted by Crippen LogP contribution is 2.48. The fourth-order valence-corrected chi connectivity index (χ4v) is 5.14. The van der Waals surface area contributed by atoms with Crippen molar-refractivity contribution in [3.05, 3.63) is 104 Å². The van der Waals surface area contributed by atoms with Gasteiger partial charge in [0.2, 0.25) is 5.75 Å². The Labute approximate surface area is 264 Å². The first-order valence-corrected chi connectivity index (χ1v) is 14.3. The van der Waals surface area contributed by atoms with Gasteiger partial charge in [-0.2, -0.15) is 0 Å². The maximum Gasteiger partial charge on any atom is 0.335 e. The molecule has 5 aromatic rings. The Balaban J connectivity index is 1.35. The molecule has 2 aromatic heterocycles. The van der Waals surface area contributed by atoms with E-state index in [1.54, 1.807) is 19.9 Å². The van der Waals surface area contributed by atoms with E-state index in [1.807, 2.05) is 0 Å². The van der Waals surface area contributed by atoms with E-state index in [1.165, 1.54) is 36.1 Å². The summed E-state index contributed by atoms with van der Waals surface area (Å²) in [6.07, 6.45) is 2.58. The first-order chi connectivity index (χ1) is 22.1. The standard InChI is InChI=1S/C32H25ClF2N4O7/c1-16(2)38-15-19(31(41)39(32(38)42)18-6-4-17(34)5-7-18)30(40)37-22-13-21(35)25(12-20(22)33)46-24-8-9-36-23-14-26(43-3)28-29(27(23)24)45-11-10-44-28/h4-9,12-16H,10-11H2,1-3H3,(H,37,40). The Kier molecular flexibility index (Phi) is 8.09. The fraction of sp³-hybridized carbons (Fsp3) is 0.188. The zero-order valence-corrected chi connectivity index (χ0v) is 25.4. The predicted octanol–water partition coefficient (Wildman–Crippen LogP) is 5.88. The molecule has 0 unspecified atom stereocenters. The minimum absolute atomic E-state index is 0.0614. The molecule has 1 amide bonds. The number of hydrogen-bond donors (Lipinski definition) is 1. The SMILES string of the molecule is COc1cc2nccc(Oc3cc(Cl)c(NC(=O)c4cn(C(C)C)c(=O)n(-c5ccc(F)cc5)c4=O)cc3F)c2c2c1OCCO2. The molecule has 1 aliphatic rings. The number of aromatic nitrogens is 3. The number of carbonyl (C=O) groups excluding carboxylic acids is 1. The molecule has 1 N–H and O–H groups in total. The van der Waals surface area contributed by atoms with Crippen molar-refractivity contribution < 1.29 is 32.5 Å². The monoisotopic (exact) mass is 650 g/mol. The van der Waals surface area contributed by atoms with Crippen molar-refractivity contribution in [2.24, 2.45) is 0 Å². The van der Waals surface area contributed by atoms with Crippen LogP contribution in [0.2, 0.25) is 5.02 Å². The van der Waals surface area contributed by atoms with E-state index in [-0.39, 0.29) is 34.5 Å². The third-order valence-electron chi connectivity index (χ3n) is 7.15. The van der Waals surface area contributed by atoms with Gasteiger partial charge in [-0.05, 0) is 44.2 Å². The number of ether oxygens (including phenoxy) is 4. The van der Waals surface area contributed by atoms with Crippen LogP contribution in [0.25, 0.3) is 16.6 Å². The Morgan fingerprint density at radius 3 is 2.41 bits per heavy atom. The second-order valence-electron chi connectivity index (χ2n) is 10.4. The normalized spacial score (nSPS) is 12.3. The number of nitrogens with one attached hydrogen (secondary N) is 1. The van der Waals surface area contributed by atoms with Crippen LogP contribution in [0, 0.1) is 11.6 Å². The first kappa shape index (κ1) is 30.6. The number of anilines is 1. The highest BCUT2D eigenvalue weighted by atomic mass is 35.5. The molecule has 11 nitrogen and oxygen atoms in total. The van der Waals surface area contributed by atoms with E-state index < -0.39 is 40.4 Å². The number of hydrogen-bond acceptors (Lipinski definition) is 8. The molecular formula is C32H25ClF2N4O7. The molecule has 0 bridgehead atoms.